The zero-order valence-corrected chi connectivity index (χ0v) is 21.0. The molecule has 2 N–H and O–H groups in total. The average molecular weight is 483 g/mol. The first-order valence-electron chi connectivity index (χ1n) is 12.8. The maximum atomic E-state index is 12.3. The topological polar surface area (TPSA) is 75.1 Å². The van der Waals surface area contributed by atoms with E-state index >= 15 is 0 Å². The number of carbonyl (C=O) groups is 1. The molecule has 1 fully saturated rings. The standard InChI is InChI=1S/C29H34N6O/c1-21-7-5-8-22(2)34(21)16-14-24-20-35(27-11-4-3-10-26(24)27)28-13-12-25(19-31-28)33-29(36)32-18-23-9-6-15-30-17-23/h3-4,6,9-13,15,17,19-22H,5,7-8,14,16,18H2,1-2H3,(H2,32,33,36). The summed E-state index contributed by atoms with van der Waals surface area (Å²) in [6.45, 7) is 6.20. The fourth-order valence-corrected chi connectivity index (χ4v) is 5.27. The highest BCUT2D eigenvalue weighted by Gasteiger charge is 2.24. The summed E-state index contributed by atoms with van der Waals surface area (Å²) < 4.78 is 2.15. The number of piperidine rings is 1. The van der Waals surface area contributed by atoms with E-state index in [1.807, 2.05) is 24.3 Å². The first kappa shape index (κ1) is 24.0. The molecule has 36 heavy (non-hydrogen) atoms. The van der Waals surface area contributed by atoms with Gasteiger partial charge in [0.1, 0.15) is 5.82 Å². The Balaban J connectivity index is 1.28. The minimum atomic E-state index is -0.275. The van der Waals surface area contributed by atoms with Crippen molar-refractivity contribution < 1.29 is 4.79 Å². The van der Waals surface area contributed by atoms with Gasteiger partial charge in [-0.05, 0) is 68.5 Å². The Morgan fingerprint density at radius 3 is 2.61 bits per heavy atom. The molecule has 186 valence electrons. The van der Waals surface area contributed by atoms with Crippen molar-refractivity contribution in [2.24, 2.45) is 0 Å². The van der Waals surface area contributed by atoms with Crippen molar-refractivity contribution in [3.8, 4) is 5.82 Å². The van der Waals surface area contributed by atoms with Gasteiger partial charge in [0.05, 0.1) is 17.4 Å². The minimum absolute atomic E-state index is 0.275. The lowest BCUT2D eigenvalue weighted by atomic mass is 9.97. The van der Waals surface area contributed by atoms with Crippen LogP contribution in [0.2, 0.25) is 0 Å². The molecule has 0 aliphatic carbocycles. The largest absolute Gasteiger partial charge is 0.334 e. The Labute approximate surface area is 212 Å². The second-order valence-electron chi connectivity index (χ2n) is 9.73. The maximum absolute atomic E-state index is 12.3. The zero-order valence-electron chi connectivity index (χ0n) is 21.0. The molecule has 0 bridgehead atoms. The molecule has 5 rings (SSSR count). The average Bonchev–Trinajstić information content (AvgIpc) is 3.27. The first-order valence-corrected chi connectivity index (χ1v) is 12.8. The van der Waals surface area contributed by atoms with E-state index in [0.29, 0.717) is 24.3 Å². The van der Waals surface area contributed by atoms with Crippen molar-refractivity contribution in [1.82, 2.24) is 24.8 Å². The molecule has 1 aromatic carbocycles. The molecular weight excluding hydrogens is 448 g/mol. The van der Waals surface area contributed by atoms with E-state index in [-0.39, 0.29) is 6.03 Å². The van der Waals surface area contributed by atoms with E-state index in [1.54, 1.807) is 18.6 Å². The Kier molecular flexibility index (Phi) is 7.28. The quantitative estimate of drug-likeness (QED) is 0.362. The number of fused-ring (bicyclic) bond motifs is 1. The number of hydrogen-bond donors (Lipinski definition) is 2. The lowest BCUT2D eigenvalue weighted by Gasteiger charge is -2.39. The number of carbonyl (C=O) groups excluding carboxylic acids is 1. The van der Waals surface area contributed by atoms with Gasteiger partial charge >= 0.3 is 6.03 Å². The second-order valence-corrected chi connectivity index (χ2v) is 9.73. The summed E-state index contributed by atoms with van der Waals surface area (Å²) in [6.07, 6.45) is 12.3. The van der Waals surface area contributed by atoms with Crippen molar-refractivity contribution in [3.63, 3.8) is 0 Å². The minimum Gasteiger partial charge on any atom is -0.334 e. The monoisotopic (exact) mass is 482 g/mol. The van der Waals surface area contributed by atoms with Gasteiger partial charge in [-0.25, -0.2) is 9.78 Å². The van der Waals surface area contributed by atoms with Crippen LogP contribution in [0, 0.1) is 0 Å². The number of likely N-dealkylation sites (tertiary alicyclic amines) is 1. The van der Waals surface area contributed by atoms with Gasteiger partial charge in [0.15, 0.2) is 0 Å². The van der Waals surface area contributed by atoms with Gasteiger partial charge in [-0.2, -0.15) is 0 Å². The molecule has 1 saturated heterocycles. The third kappa shape index (κ3) is 5.41. The molecule has 4 aromatic rings. The summed E-state index contributed by atoms with van der Waals surface area (Å²) in [5, 5.41) is 6.96. The Hall–Kier alpha value is -3.71. The molecule has 2 atom stereocenters. The molecule has 7 nitrogen and oxygen atoms in total. The van der Waals surface area contributed by atoms with Crippen molar-refractivity contribution in [2.75, 3.05) is 11.9 Å². The van der Waals surface area contributed by atoms with Crippen LogP contribution in [0.5, 0.6) is 0 Å². The molecule has 3 aromatic heterocycles. The van der Waals surface area contributed by atoms with Crippen LogP contribution in [0.25, 0.3) is 16.7 Å². The molecule has 2 amide bonds. The number of nitrogens with one attached hydrogen (secondary N) is 2. The van der Waals surface area contributed by atoms with Crippen LogP contribution in [0.1, 0.15) is 44.2 Å². The second kappa shape index (κ2) is 10.9. The Morgan fingerprint density at radius 1 is 1.03 bits per heavy atom. The summed E-state index contributed by atoms with van der Waals surface area (Å²) in [7, 11) is 0. The van der Waals surface area contributed by atoms with Crippen LogP contribution in [-0.4, -0.2) is 44.1 Å². The molecule has 0 spiro atoms. The summed E-state index contributed by atoms with van der Waals surface area (Å²) >= 11 is 0. The predicted octanol–water partition coefficient (Wildman–Crippen LogP) is 5.55. The summed E-state index contributed by atoms with van der Waals surface area (Å²) in [6, 6.07) is 17.1. The van der Waals surface area contributed by atoms with Gasteiger partial charge in [-0.15, -0.1) is 0 Å². The fraction of sp³-hybridized carbons (Fsp3) is 0.345. The van der Waals surface area contributed by atoms with Gasteiger partial charge < -0.3 is 15.2 Å². The maximum Gasteiger partial charge on any atom is 0.319 e. The van der Waals surface area contributed by atoms with Crippen LogP contribution in [-0.2, 0) is 13.0 Å². The zero-order chi connectivity index (χ0) is 24.9. The number of benzene rings is 1. The van der Waals surface area contributed by atoms with Crippen LogP contribution >= 0.6 is 0 Å². The van der Waals surface area contributed by atoms with Gasteiger partial charge in [0.2, 0.25) is 0 Å². The van der Waals surface area contributed by atoms with Gasteiger partial charge in [-0.1, -0.05) is 30.7 Å². The molecule has 4 heterocycles. The fourth-order valence-electron chi connectivity index (χ4n) is 5.27. The highest BCUT2D eigenvalue weighted by Crippen LogP contribution is 2.27. The van der Waals surface area contributed by atoms with Crippen molar-refractivity contribution in [3.05, 3.63) is 84.4 Å². The highest BCUT2D eigenvalue weighted by atomic mass is 16.2. The van der Waals surface area contributed by atoms with E-state index in [0.717, 1.165) is 29.9 Å². The van der Waals surface area contributed by atoms with Gasteiger partial charge in [0.25, 0.3) is 0 Å². The normalized spacial score (nSPS) is 18.3. The number of amides is 2. The van der Waals surface area contributed by atoms with Gasteiger partial charge in [0, 0.05) is 49.1 Å². The summed E-state index contributed by atoms with van der Waals surface area (Å²) in [4.78, 5) is 23.7. The number of pyridine rings is 2. The van der Waals surface area contributed by atoms with Crippen molar-refractivity contribution in [2.45, 2.75) is 58.2 Å². The molecule has 2 unspecified atom stereocenters. The summed E-state index contributed by atoms with van der Waals surface area (Å²) in [5.74, 6) is 0.832. The molecular formula is C29H34N6O. The lowest BCUT2D eigenvalue weighted by molar-refractivity contribution is 0.105. The van der Waals surface area contributed by atoms with Crippen LogP contribution < -0.4 is 10.6 Å². The van der Waals surface area contributed by atoms with Crippen LogP contribution in [0.3, 0.4) is 0 Å². The Bertz CT molecular complexity index is 1290. The number of nitrogens with zero attached hydrogens (tertiary/aromatic N) is 4. The number of urea groups is 1. The number of hydrogen-bond acceptors (Lipinski definition) is 4. The smallest absolute Gasteiger partial charge is 0.319 e. The highest BCUT2D eigenvalue weighted by molar-refractivity contribution is 5.89. The lowest BCUT2D eigenvalue weighted by Crippen LogP contribution is -2.44. The molecule has 0 radical (unpaired) electrons. The molecule has 7 heteroatoms. The van der Waals surface area contributed by atoms with Crippen molar-refractivity contribution >= 4 is 22.6 Å². The molecule has 1 aliphatic rings. The molecule has 1 aliphatic heterocycles. The third-order valence-corrected chi connectivity index (χ3v) is 7.24. The van der Waals surface area contributed by atoms with E-state index in [1.165, 1.54) is 30.2 Å². The van der Waals surface area contributed by atoms with Gasteiger partial charge in [-0.3, -0.25) is 9.88 Å². The van der Waals surface area contributed by atoms with Crippen LogP contribution in [0.15, 0.2) is 73.3 Å². The third-order valence-electron chi connectivity index (χ3n) is 7.24. The number of rotatable bonds is 7. The number of anilines is 1. The Morgan fingerprint density at radius 2 is 1.86 bits per heavy atom. The van der Waals surface area contributed by atoms with E-state index in [2.05, 4.69) is 74.4 Å². The van der Waals surface area contributed by atoms with Crippen LogP contribution in [0.4, 0.5) is 10.5 Å². The first-order chi connectivity index (χ1) is 17.6. The number of aromatic nitrogens is 3. The summed E-state index contributed by atoms with van der Waals surface area (Å²) in [5.41, 5.74) is 4.08. The molecule has 0 saturated carbocycles. The number of para-hydroxylation sites is 1. The predicted molar refractivity (Wildman–Crippen MR) is 144 cm³/mol. The van der Waals surface area contributed by atoms with Crippen molar-refractivity contribution in [1.29, 1.82) is 0 Å². The van der Waals surface area contributed by atoms with E-state index in [4.69, 9.17) is 0 Å². The van der Waals surface area contributed by atoms with E-state index < -0.39 is 0 Å². The van der Waals surface area contributed by atoms with E-state index in [9.17, 15) is 4.79 Å². The SMILES string of the molecule is CC1CCCC(C)N1CCc1cn(-c2ccc(NC(=O)NCc3cccnc3)cn2)c2ccccc12.